The first kappa shape index (κ1) is 33.0. The number of hydrogen-bond donors (Lipinski definition) is 3. The van der Waals surface area contributed by atoms with E-state index in [1.54, 1.807) is 41.6 Å². The first-order chi connectivity index (χ1) is 24.1. The fourth-order valence-corrected chi connectivity index (χ4v) is 6.52. The number of rotatable bonds is 8. The van der Waals surface area contributed by atoms with Crippen LogP contribution >= 0.6 is 0 Å². The fourth-order valence-electron chi connectivity index (χ4n) is 6.52. The number of fused-ring (bicyclic) bond motifs is 1. The average Bonchev–Trinajstić information content (AvgIpc) is 3.76. The quantitative estimate of drug-likeness (QED) is 0.207. The van der Waals surface area contributed by atoms with Gasteiger partial charge in [-0.15, -0.1) is 0 Å². The van der Waals surface area contributed by atoms with Crippen molar-refractivity contribution >= 4 is 34.0 Å². The molecule has 14 heteroatoms. The van der Waals surface area contributed by atoms with Gasteiger partial charge in [0.2, 0.25) is 11.8 Å². The smallest absolute Gasteiger partial charge is 0.395 e. The van der Waals surface area contributed by atoms with Crippen LogP contribution in [0.15, 0.2) is 85.3 Å². The molecule has 2 aromatic carbocycles. The highest BCUT2D eigenvalue weighted by Gasteiger charge is 2.45. The van der Waals surface area contributed by atoms with Gasteiger partial charge in [0.1, 0.15) is 11.4 Å². The number of benzene rings is 2. The van der Waals surface area contributed by atoms with Crippen molar-refractivity contribution in [2.75, 3.05) is 44.6 Å². The molecule has 0 radical (unpaired) electrons. The number of likely N-dealkylation sites (tertiary alicyclic amines) is 1. The Labute approximate surface area is 284 Å². The van der Waals surface area contributed by atoms with E-state index in [4.69, 9.17) is 0 Å². The third-order valence-electron chi connectivity index (χ3n) is 9.36. The summed E-state index contributed by atoms with van der Waals surface area (Å²) in [5, 5.41) is 20.8. The molecule has 3 N–H and O–H groups in total. The molecule has 256 valence electrons. The number of alkyl halides is 3. The first-order valence-electron chi connectivity index (χ1n) is 16.1. The summed E-state index contributed by atoms with van der Waals surface area (Å²) in [5.41, 5.74) is 2.49. The molecule has 50 heavy (non-hydrogen) atoms. The number of aromatic amines is 1. The Bertz CT molecular complexity index is 2070. The summed E-state index contributed by atoms with van der Waals surface area (Å²) in [7, 11) is 0. The summed E-state index contributed by atoms with van der Waals surface area (Å²) in [6.07, 6.45) is 3.02. The molecule has 5 aromatic rings. The zero-order valence-electron chi connectivity index (χ0n) is 26.8. The number of carbonyl (C=O) groups is 2. The standard InChI is InChI=1S/C36H33F3N8O3/c37-36(38,39)30-18-26(8-14-40-30)32-28-19-27(6-7-29(28)44-45-32)43-34(50)35(22-48)11-17-46(21-35)20-31(49)47-15-9-24(10-16-47)23-2-4-25(5-3-23)33-41-12-1-13-42-33/h1-9,12-14,18-19,48H,10-11,15-17,20-22H2,(H,43,50)(H,44,45)/t35-/m1/s1. The zero-order chi connectivity index (χ0) is 34.9. The molecule has 7 rings (SSSR count). The molecule has 1 fully saturated rings. The Morgan fingerprint density at radius 1 is 0.940 bits per heavy atom. The molecule has 1 saturated heterocycles. The Hall–Kier alpha value is -5.47. The van der Waals surface area contributed by atoms with E-state index in [9.17, 15) is 27.9 Å². The van der Waals surface area contributed by atoms with Crippen molar-refractivity contribution in [1.29, 1.82) is 0 Å². The lowest BCUT2D eigenvalue weighted by atomic mass is 9.87. The van der Waals surface area contributed by atoms with Crippen LogP contribution in [0.25, 0.3) is 39.1 Å². The Balaban J connectivity index is 0.971. The third-order valence-corrected chi connectivity index (χ3v) is 9.36. The first-order valence-corrected chi connectivity index (χ1v) is 16.1. The number of nitrogens with one attached hydrogen (secondary N) is 2. The van der Waals surface area contributed by atoms with Crippen molar-refractivity contribution in [2.24, 2.45) is 5.41 Å². The molecule has 0 aliphatic carbocycles. The average molecular weight is 683 g/mol. The predicted octanol–water partition coefficient (Wildman–Crippen LogP) is 5.04. The second-order valence-electron chi connectivity index (χ2n) is 12.6. The lowest BCUT2D eigenvalue weighted by molar-refractivity contribution is -0.141. The largest absolute Gasteiger partial charge is 0.433 e. The highest BCUT2D eigenvalue weighted by molar-refractivity contribution is 6.00. The number of anilines is 1. The van der Waals surface area contributed by atoms with Crippen LogP contribution in [0.2, 0.25) is 0 Å². The number of carbonyl (C=O) groups excluding carboxylic acids is 2. The summed E-state index contributed by atoms with van der Waals surface area (Å²) in [6.45, 7) is 1.42. The SMILES string of the molecule is O=C(CN1CC[C@@](CO)(C(=O)Nc2ccc3[nH]nc(-c4ccnc(C(F)(F)F)c4)c3c2)C1)N1CC=C(c2ccc(-c3ncccn3)cc2)CC1. The van der Waals surface area contributed by atoms with Crippen molar-refractivity contribution in [1.82, 2.24) is 34.9 Å². The van der Waals surface area contributed by atoms with E-state index in [0.717, 1.165) is 23.4 Å². The molecule has 0 bridgehead atoms. The van der Waals surface area contributed by atoms with Gasteiger partial charge in [0.25, 0.3) is 0 Å². The molecule has 0 saturated carbocycles. The Kier molecular flexibility index (Phi) is 8.89. The van der Waals surface area contributed by atoms with Gasteiger partial charge < -0.3 is 15.3 Å². The molecular weight excluding hydrogens is 649 g/mol. The van der Waals surface area contributed by atoms with E-state index < -0.39 is 29.8 Å². The van der Waals surface area contributed by atoms with Crippen LogP contribution in [-0.4, -0.2) is 91.2 Å². The van der Waals surface area contributed by atoms with Gasteiger partial charge in [-0.1, -0.05) is 30.3 Å². The molecule has 1 atom stereocenters. The van der Waals surface area contributed by atoms with Crippen LogP contribution in [0.5, 0.6) is 0 Å². The van der Waals surface area contributed by atoms with Crippen molar-refractivity contribution in [2.45, 2.75) is 19.0 Å². The van der Waals surface area contributed by atoms with Gasteiger partial charge in [0, 0.05) is 60.4 Å². The Morgan fingerprint density at radius 3 is 2.44 bits per heavy atom. The van der Waals surface area contributed by atoms with Gasteiger partial charge in [-0.05, 0) is 66.9 Å². The number of nitrogens with zero attached hydrogens (tertiary/aromatic N) is 6. The van der Waals surface area contributed by atoms with E-state index >= 15 is 0 Å². The van der Waals surface area contributed by atoms with E-state index in [1.807, 2.05) is 29.2 Å². The minimum Gasteiger partial charge on any atom is -0.395 e. The molecule has 5 heterocycles. The molecule has 3 aromatic heterocycles. The topological polar surface area (TPSA) is 140 Å². The molecule has 0 unspecified atom stereocenters. The van der Waals surface area contributed by atoms with Gasteiger partial charge in [0.05, 0.1) is 24.1 Å². The van der Waals surface area contributed by atoms with Crippen molar-refractivity contribution in [3.8, 4) is 22.6 Å². The van der Waals surface area contributed by atoms with Gasteiger partial charge in [-0.25, -0.2) is 9.97 Å². The lowest BCUT2D eigenvalue weighted by Gasteiger charge is -2.29. The number of halogens is 3. The van der Waals surface area contributed by atoms with Gasteiger partial charge in [-0.2, -0.15) is 18.3 Å². The van der Waals surface area contributed by atoms with Crippen molar-refractivity contribution < 1.29 is 27.9 Å². The maximum absolute atomic E-state index is 13.6. The van der Waals surface area contributed by atoms with E-state index in [2.05, 4.69) is 36.5 Å². The summed E-state index contributed by atoms with van der Waals surface area (Å²) < 4.78 is 39.8. The van der Waals surface area contributed by atoms with Crippen LogP contribution in [0.1, 0.15) is 24.1 Å². The van der Waals surface area contributed by atoms with Gasteiger partial charge in [0.15, 0.2) is 5.82 Å². The van der Waals surface area contributed by atoms with Gasteiger partial charge in [-0.3, -0.25) is 24.6 Å². The van der Waals surface area contributed by atoms with Crippen molar-refractivity contribution in [3.05, 3.63) is 96.6 Å². The fraction of sp³-hybridized carbons (Fsp3) is 0.278. The number of amides is 2. The monoisotopic (exact) mass is 682 g/mol. The summed E-state index contributed by atoms with van der Waals surface area (Å²) in [5.74, 6) is 0.213. The van der Waals surface area contributed by atoms with Crippen LogP contribution in [0.3, 0.4) is 0 Å². The molecule has 2 aliphatic rings. The maximum atomic E-state index is 13.6. The minimum atomic E-state index is -4.61. The number of aliphatic hydroxyl groups excluding tert-OH is 1. The number of H-pyrrole nitrogens is 1. The van der Waals surface area contributed by atoms with Crippen LogP contribution in [-0.2, 0) is 15.8 Å². The molecule has 0 spiro atoms. The molecular formula is C36H33F3N8O3. The van der Waals surface area contributed by atoms with E-state index in [-0.39, 0.29) is 30.3 Å². The summed E-state index contributed by atoms with van der Waals surface area (Å²) in [6, 6.07) is 17.2. The lowest BCUT2D eigenvalue weighted by Crippen LogP contribution is -2.45. The van der Waals surface area contributed by atoms with E-state index in [0.29, 0.717) is 54.9 Å². The Morgan fingerprint density at radius 2 is 1.72 bits per heavy atom. The van der Waals surface area contributed by atoms with Crippen LogP contribution < -0.4 is 5.32 Å². The molecule has 2 aliphatic heterocycles. The minimum absolute atomic E-state index is 0.0475. The normalized spacial score (nSPS) is 18.3. The highest BCUT2D eigenvalue weighted by atomic mass is 19.4. The number of aromatic nitrogens is 5. The number of hydrogen-bond acceptors (Lipinski definition) is 8. The third kappa shape index (κ3) is 6.71. The van der Waals surface area contributed by atoms with Crippen molar-refractivity contribution in [3.63, 3.8) is 0 Å². The molecule has 2 amide bonds. The van der Waals surface area contributed by atoms with Crippen LogP contribution in [0.4, 0.5) is 18.9 Å². The summed E-state index contributed by atoms with van der Waals surface area (Å²) in [4.78, 5) is 42.6. The van der Waals surface area contributed by atoms with Crippen LogP contribution in [0, 0.1) is 5.41 Å². The van der Waals surface area contributed by atoms with Gasteiger partial charge >= 0.3 is 6.18 Å². The number of pyridine rings is 1. The predicted molar refractivity (Wildman–Crippen MR) is 180 cm³/mol. The maximum Gasteiger partial charge on any atom is 0.433 e. The van der Waals surface area contributed by atoms with E-state index in [1.165, 1.54) is 11.6 Å². The number of aliphatic hydroxyl groups is 1. The molecule has 11 nitrogen and oxygen atoms in total. The zero-order valence-corrected chi connectivity index (χ0v) is 26.8. The summed E-state index contributed by atoms with van der Waals surface area (Å²) >= 11 is 0. The second-order valence-corrected chi connectivity index (χ2v) is 12.6. The second kappa shape index (κ2) is 13.4. The highest BCUT2D eigenvalue weighted by Crippen LogP contribution is 2.35.